The number of aliphatic carboxylic acids is 1. The molecule has 18 heavy (non-hydrogen) atoms. The molecule has 2 aliphatic rings. The average Bonchev–Trinajstić information content (AvgIpc) is 2.57. The Morgan fingerprint density at radius 3 is 2.39 bits per heavy atom. The monoisotopic (exact) mass is 252 g/mol. The standard InChI is InChI=1S/C13H20N2O3/c14-5-1-2-12(16)15-10-3-4-11(15)7-9(6-10)8-13(17)18/h1-2,9-11H,3-8,14H2,(H,17,18)/b2-1+. The Morgan fingerprint density at radius 1 is 1.28 bits per heavy atom. The largest absolute Gasteiger partial charge is 0.481 e. The molecule has 0 radical (unpaired) electrons. The summed E-state index contributed by atoms with van der Waals surface area (Å²) in [4.78, 5) is 24.7. The van der Waals surface area contributed by atoms with Gasteiger partial charge in [0.05, 0.1) is 0 Å². The van der Waals surface area contributed by atoms with Crippen LogP contribution in [0.25, 0.3) is 0 Å². The van der Waals surface area contributed by atoms with Crippen molar-refractivity contribution in [3.05, 3.63) is 12.2 Å². The Morgan fingerprint density at radius 2 is 1.89 bits per heavy atom. The molecule has 2 rings (SSSR count). The summed E-state index contributed by atoms with van der Waals surface area (Å²) < 4.78 is 0. The molecule has 0 aromatic rings. The van der Waals surface area contributed by atoms with E-state index in [0.29, 0.717) is 6.54 Å². The van der Waals surface area contributed by atoms with Crippen LogP contribution in [-0.2, 0) is 9.59 Å². The summed E-state index contributed by atoms with van der Waals surface area (Å²) in [6, 6.07) is 0.450. The molecule has 0 aliphatic carbocycles. The van der Waals surface area contributed by atoms with Crippen LogP contribution in [0.1, 0.15) is 32.1 Å². The van der Waals surface area contributed by atoms with Gasteiger partial charge in [0, 0.05) is 31.1 Å². The summed E-state index contributed by atoms with van der Waals surface area (Å²) in [6.07, 6.45) is 7.10. The van der Waals surface area contributed by atoms with Crippen molar-refractivity contribution in [2.45, 2.75) is 44.2 Å². The van der Waals surface area contributed by atoms with E-state index in [1.807, 2.05) is 4.90 Å². The van der Waals surface area contributed by atoms with Crippen molar-refractivity contribution in [2.24, 2.45) is 11.7 Å². The molecule has 0 aromatic heterocycles. The van der Waals surface area contributed by atoms with E-state index in [1.165, 1.54) is 0 Å². The van der Waals surface area contributed by atoms with Crippen LogP contribution in [0.2, 0.25) is 0 Å². The number of nitrogens with zero attached hydrogens (tertiary/aromatic N) is 1. The van der Waals surface area contributed by atoms with Crippen LogP contribution in [0.5, 0.6) is 0 Å². The molecule has 2 fully saturated rings. The number of carboxylic acid groups (broad SMARTS) is 1. The molecule has 2 saturated heterocycles. The second kappa shape index (κ2) is 5.52. The second-order valence-corrected chi connectivity index (χ2v) is 5.20. The summed E-state index contributed by atoms with van der Waals surface area (Å²) in [7, 11) is 0. The van der Waals surface area contributed by atoms with E-state index in [1.54, 1.807) is 12.2 Å². The van der Waals surface area contributed by atoms with E-state index in [9.17, 15) is 9.59 Å². The Kier molecular flexibility index (Phi) is 4.01. The highest BCUT2D eigenvalue weighted by molar-refractivity contribution is 5.88. The normalized spacial score (nSPS) is 30.9. The second-order valence-electron chi connectivity index (χ2n) is 5.20. The number of carbonyl (C=O) groups is 2. The van der Waals surface area contributed by atoms with Gasteiger partial charge >= 0.3 is 5.97 Å². The molecule has 0 saturated carbocycles. The lowest BCUT2D eigenvalue weighted by atomic mass is 9.88. The van der Waals surface area contributed by atoms with E-state index in [2.05, 4.69) is 0 Å². The maximum absolute atomic E-state index is 12.0. The number of carbonyl (C=O) groups excluding carboxylic acids is 1. The minimum Gasteiger partial charge on any atom is -0.481 e. The third-order valence-electron chi connectivity index (χ3n) is 3.95. The summed E-state index contributed by atoms with van der Waals surface area (Å²) in [5.41, 5.74) is 5.35. The molecule has 2 heterocycles. The highest BCUT2D eigenvalue weighted by Crippen LogP contribution is 2.39. The fraction of sp³-hybridized carbons (Fsp3) is 0.692. The number of fused-ring (bicyclic) bond motifs is 2. The minimum atomic E-state index is -0.734. The summed E-state index contributed by atoms with van der Waals surface area (Å²) >= 11 is 0. The lowest BCUT2D eigenvalue weighted by Crippen LogP contribution is -2.46. The summed E-state index contributed by atoms with van der Waals surface area (Å²) in [5.74, 6) is -0.480. The maximum atomic E-state index is 12.0. The Balaban J connectivity index is 1.99. The van der Waals surface area contributed by atoms with Crippen molar-refractivity contribution >= 4 is 11.9 Å². The van der Waals surface area contributed by atoms with Crippen LogP contribution < -0.4 is 5.73 Å². The van der Waals surface area contributed by atoms with E-state index in [-0.39, 0.29) is 30.3 Å². The van der Waals surface area contributed by atoms with Crippen LogP contribution in [0.4, 0.5) is 0 Å². The van der Waals surface area contributed by atoms with Crippen LogP contribution in [0.15, 0.2) is 12.2 Å². The average molecular weight is 252 g/mol. The van der Waals surface area contributed by atoms with E-state index < -0.39 is 5.97 Å². The third-order valence-corrected chi connectivity index (χ3v) is 3.95. The molecular weight excluding hydrogens is 232 g/mol. The van der Waals surface area contributed by atoms with Crippen LogP contribution >= 0.6 is 0 Å². The number of hydrogen-bond donors (Lipinski definition) is 2. The first kappa shape index (κ1) is 13.1. The molecule has 2 bridgehead atoms. The molecule has 2 atom stereocenters. The number of carboxylic acids is 1. The fourth-order valence-electron chi connectivity index (χ4n) is 3.32. The lowest BCUT2D eigenvalue weighted by molar-refractivity contribution is -0.139. The van der Waals surface area contributed by atoms with Crippen molar-refractivity contribution in [3.63, 3.8) is 0 Å². The predicted molar refractivity (Wildman–Crippen MR) is 66.8 cm³/mol. The number of piperidine rings is 1. The SMILES string of the molecule is NC/C=C/C(=O)N1C2CCC1CC(CC(=O)O)C2. The quantitative estimate of drug-likeness (QED) is 0.723. The van der Waals surface area contributed by atoms with Crippen LogP contribution in [0.3, 0.4) is 0 Å². The van der Waals surface area contributed by atoms with Gasteiger partial charge in [0.1, 0.15) is 0 Å². The zero-order valence-corrected chi connectivity index (χ0v) is 10.4. The molecule has 5 nitrogen and oxygen atoms in total. The summed E-state index contributed by atoms with van der Waals surface area (Å²) in [5, 5.41) is 8.84. The van der Waals surface area contributed by atoms with Crippen molar-refractivity contribution in [1.82, 2.24) is 4.90 Å². The van der Waals surface area contributed by atoms with Gasteiger partial charge in [-0.25, -0.2) is 0 Å². The van der Waals surface area contributed by atoms with Gasteiger partial charge in [0.15, 0.2) is 0 Å². The van der Waals surface area contributed by atoms with Crippen molar-refractivity contribution in [3.8, 4) is 0 Å². The van der Waals surface area contributed by atoms with Gasteiger partial charge in [-0.2, -0.15) is 0 Å². The first-order chi connectivity index (χ1) is 8.61. The third kappa shape index (κ3) is 2.72. The van der Waals surface area contributed by atoms with Crippen molar-refractivity contribution < 1.29 is 14.7 Å². The molecule has 100 valence electrons. The highest BCUT2D eigenvalue weighted by Gasteiger charge is 2.42. The Labute approximate surface area is 107 Å². The van der Waals surface area contributed by atoms with E-state index in [4.69, 9.17) is 10.8 Å². The molecule has 5 heteroatoms. The van der Waals surface area contributed by atoms with E-state index >= 15 is 0 Å². The van der Waals surface area contributed by atoms with Crippen LogP contribution in [0, 0.1) is 5.92 Å². The Hall–Kier alpha value is -1.36. The van der Waals surface area contributed by atoms with Gasteiger partial charge in [-0.05, 0) is 31.6 Å². The topological polar surface area (TPSA) is 83.6 Å². The Bertz CT molecular complexity index is 353. The smallest absolute Gasteiger partial charge is 0.303 e. The van der Waals surface area contributed by atoms with Crippen molar-refractivity contribution in [1.29, 1.82) is 0 Å². The molecule has 1 amide bonds. The number of rotatable bonds is 4. The van der Waals surface area contributed by atoms with Gasteiger partial charge in [-0.1, -0.05) is 6.08 Å². The van der Waals surface area contributed by atoms with Gasteiger partial charge < -0.3 is 15.7 Å². The summed E-state index contributed by atoms with van der Waals surface area (Å²) in [6.45, 7) is 0.372. The first-order valence-electron chi connectivity index (χ1n) is 6.52. The maximum Gasteiger partial charge on any atom is 0.303 e. The van der Waals surface area contributed by atoms with Gasteiger partial charge in [0.25, 0.3) is 0 Å². The van der Waals surface area contributed by atoms with Gasteiger partial charge in [0.2, 0.25) is 5.91 Å². The highest BCUT2D eigenvalue weighted by atomic mass is 16.4. The number of nitrogens with two attached hydrogens (primary N) is 1. The van der Waals surface area contributed by atoms with Crippen LogP contribution in [-0.4, -0.2) is 40.5 Å². The number of hydrogen-bond acceptors (Lipinski definition) is 3. The molecule has 0 aromatic carbocycles. The minimum absolute atomic E-state index is 0.0294. The van der Waals surface area contributed by atoms with E-state index in [0.717, 1.165) is 25.7 Å². The molecule has 2 aliphatic heterocycles. The number of amides is 1. The zero-order chi connectivity index (χ0) is 13.1. The van der Waals surface area contributed by atoms with Crippen molar-refractivity contribution in [2.75, 3.05) is 6.54 Å². The van der Waals surface area contributed by atoms with Gasteiger partial charge in [-0.15, -0.1) is 0 Å². The predicted octanol–water partition coefficient (Wildman–Crippen LogP) is 0.746. The lowest BCUT2D eigenvalue weighted by Gasteiger charge is -2.38. The molecular formula is C13H20N2O3. The van der Waals surface area contributed by atoms with Gasteiger partial charge in [-0.3, -0.25) is 9.59 Å². The molecule has 2 unspecified atom stereocenters. The first-order valence-corrected chi connectivity index (χ1v) is 6.52. The molecule has 0 spiro atoms. The fourth-order valence-corrected chi connectivity index (χ4v) is 3.32. The zero-order valence-electron chi connectivity index (χ0n) is 10.4. The molecule has 3 N–H and O–H groups in total.